The van der Waals surface area contributed by atoms with Gasteiger partial charge in [-0.2, -0.15) is 0 Å². The van der Waals surface area contributed by atoms with E-state index < -0.39 is 0 Å². The Morgan fingerprint density at radius 2 is 1.42 bits per heavy atom. The van der Waals surface area contributed by atoms with E-state index in [-0.39, 0.29) is 0 Å². The molecule has 0 aliphatic carbocycles. The lowest BCUT2D eigenvalue weighted by Crippen LogP contribution is -2.10. The molecule has 0 N–H and O–H groups in total. The summed E-state index contributed by atoms with van der Waals surface area (Å²) < 4.78 is 11.7. The SMILES string of the molecule is CC(=C\Oc1ccc(Cl)cc1)/C(=N/c1ccccc1)Oc1ccccc1. The highest BCUT2D eigenvalue weighted by molar-refractivity contribution is 6.30. The molecule has 0 aliphatic rings. The molecular weight excluding hydrogens is 346 g/mol. The summed E-state index contributed by atoms with van der Waals surface area (Å²) in [6.45, 7) is 1.89. The third-order valence-corrected chi connectivity index (χ3v) is 3.72. The van der Waals surface area contributed by atoms with E-state index in [9.17, 15) is 0 Å². The van der Waals surface area contributed by atoms with Gasteiger partial charge in [-0.25, -0.2) is 4.99 Å². The molecule has 0 spiro atoms. The minimum Gasteiger partial charge on any atom is -0.465 e. The van der Waals surface area contributed by atoms with Gasteiger partial charge < -0.3 is 9.47 Å². The zero-order valence-corrected chi connectivity index (χ0v) is 15.1. The summed E-state index contributed by atoms with van der Waals surface area (Å²) >= 11 is 5.90. The molecule has 0 fully saturated rings. The number of halogens is 1. The van der Waals surface area contributed by atoms with Gasteiger partial charge in [-0.1, -0.05) is 48.0 Å². The van der Waals surface area contributed by atoms with E-state index in [1.54, 1.807) is 30.5 Å². The van der Waals surface area contributed by atoms with Crippen molar-refractivity contribution >= 4 is 23.2 Å². The molecule has 26 heavy (non-hydrogen) atoms. The van der Waals surface area contributed by atoms with E-state index in [4.69, 9.17) is 21.1 Å². The maximum atomic E-state index is 5.97. The first-order chi connectivity index (χ1) is 12.7. The lowest BCUT2D eigenvalue weighted by Gasteiger charge is -2.10. The van der Waals surface area contributed by atoms with Gasteiger partial charge in [0.25, 0.3) is 0 Å². The first-order valence-corrected chi connectivity index (χ1v) is 8.54. The Hall–Kier alpha value is -3.04. The van der Waals surface area contributed by atoms with E-state index in [1.807, 2.05) is 67.6 Å². The normalized spacial score (nSPS) is 11.9. The number of hydrogen-bond donors (Lipinski definition) is 0. The Morgan fingerprint density at radius 1 is 0.808 bits per heavy atom. The molecule has 0 atom stereocenters. The molecule has 130 valence electrons. The number of ether oxygens (including phenoxy) is 2. The van der Waals surface area contributed by atoms with Gasteiger partial charge in [0, 0.05) is 10.6 Å². The van der Waals surface area contributed by atoms with Crippen LogP contribution in [0.15, 0.2) is 102 Å². The number of aliphatic imine (C=N–C) groups is 1. The summed E-state index contributed by atoms with van der Waals surface area (Å²) in [6, 6.07) is 26.3. The fourth-order valence-corrected chi connectivity index (χ4v) is 2.26. The molecule has 3 nitrogen and oxygen atoms in total. The molecular formula is C22H18ClNO2. The van der Waals surface area contributed by atoms with Gasteiger partial charge in [0.2, 0.25) is 5.90 Å². The van der Waals surface area contributed by atoms with Gasteiger partial charge in [-0.3, -0.25) is 0 Å². The first-order valence-electron chi connectivity index (χ1n) is 8.17. The highest BCUT2D eigenvalue weighted by Gasteiger charge is 2.07. The van der Waals surface area contributed by atoms with Gasteiger partial charge in [-0.05, 0) is 55.5 Å². The molecule has 0 amide bonds. The lowest BCUT2D eigenvalue weighted by molar-refractivity contribution is 0.473. The lowest BCUT2D eigenvalue weighted by atomic mass is 10.3. The number of para-hydroxylation sites is 2. The van der Waals surface area contributed by atoms with Crippen molar-refractivity contribution in [1.29, 1.82) is 0 Å². The van der Waals surface area contributed by atoms with Crippen LogP contribution >= 0.6 is 11.6 Å². The molecule has 0 radical (unpaired) electrons. The summed E-state index contributed by atoms with van der Waals surface area (Å²) in [6.07, 6.45) is 1.62. The van der Waals surface area contributed by atoms with Crippen LogP contribution in [-0.4, -0.2) is 5.90 Å². The second-order valence-corrected chi connectivity index (χ2v) is 5.98. The van der Waals surface area contributed by atoms with E-state index in [0.717, 1.165) is 11.3 Å². The molecule has 0 aromatic heterocycles. The van der Waals surface area contributed by atoms with Gasteiger partial charge in [0.15, 0.2) is 0 Å². The fourth-order valence-electron chi connectivity index (χ4n) is 2.13. The molecule has 0 saturated heterocycles. The Morgan fingerprint density at radius 3 is 2.08 bits per heavy atom. The monoisotopic (exact) mass is 363 g/mol. The topological polar surface area (TPSA) is 30.8 Å². The highest BCUT2D eigenvalue weighted by Crippen LogP contribution is 2.19. The van der Waals surface area contributed by atoms with E-state index in [0.29, 0.717) is 22.4 Å². The molecule has 0 heterocycles. The van der Waals surface area contributed by atoms with Crippen LogP contribution in [0.25, 0.3) is 0 Å². The fraction of sp³-hybridized carbons (Fsp3) is 0.0455. The minimum absolute atomic E-state index is 0.469. The molecule has 4 heteroatoms. The summed E-state index contributed by atoms with van der Waals surface area (Å²) in [4.78, 5) is 4.61. The zero-order valence-electron chi connectivity index (χ0n) is 14.3. The minimum atomic E-state index is 0.469. The smallest absolute Gasteiger partial charge is 0.225 e. The largest absolute Gasteiger partial charge is 0.465 e. The maximum absolute atomic E-state index is 5.97. The van der Waals surface area contributed by atoms with Gasteiger partial charge in [0.05, 0.1) is 11.9 Å². The van der Waals surface area contributed by atoms with Crippen molar-refractivity contribution in [2.45, 2.75) is 6.92 Å². The quantitative estimate of drug-likeness (QED) is 0.297. The summed E-state index contributed by atoms with van der Waals surface area (Å²) in [5.41, 5.74) is 1.56. The predicted molar refractivity (Wildman–Crippen MR) is 106 cm³/mol. The average Bonchev–Trinajstić information content (AvgIpc) is 2.68. The van der Waals surface area contributed by atoms with Crippen LogP contribution in [0.2, 0.25) is 5.02 Å². The number of hydrogen-bond acceptors (Lipinski definition) is 3. The van der Waals surface area contributed by atoms with Gasteiger partial charge in [0.1, 0.15) is 11.5 Å². The Labute approximate surface area is 158 Å². The van der Waals surface area contributed by atoms with Crippen molar-refractivity contribution < 1.29 is 9.47 Å². The standard InChI is InChI=1S/C22H18ClNO2/c1-17(16-25-20-14-12-18(23)13-15-20)22(24-19-8-4-2-5-9-19)26-21-10-6-3-7-11-21/h2-16H,1H3/b17-16+,24-22-. The van der Waals surface area contributed by atoms with Gasteiger partial charge >= 0.3 is 0 Å². The van der Waals surface area contributed by atoms with E-state index >= 15 is 0 Å². The molecule has 3 aromatic rings. The van der Waals surface area contributed by atoms with E-state index in [1.165, 1.54) is 0 Å². The molecule has 3 aromatic carbocycles. The molecule has 0 saturated carbocycles. The summed E-state index contributed by atoms with van der Waals surface area (Å²) in [5, 5.41) is 0.664. The van der Waals surface area contributed by atoms with Crippen LogP contribution in [0.1, 0.15) is 6.92 Å². The summed E-state index contributed by atoms with van der Waals surface area (Å²) in [7, 11) is 0. The van der Waals surface area contributed by atoms with Crippen molar-refractivity contribution in [3.63, 3.8) is 0 Å². The van der Waals surface area contributed by atoms with Crippen LogP contribution < -0.4 is 9.47 Å². The average molecular weight is 364 g/mol. The van der Waals surface area contributed by atoms with Crippen molar-refractivity contribution in [2.24, 2.45) is 4.99 Å². The van der Waals surface area contributed by atoms with Crippen LogP contribution in [-0.2, 0) is 0 Å². The van der Waals surface area contributed by atoms with Crippen molar-refractivity contribution in [2.75, 3.05) is 0 Å². The van der Waals surface area contributed by atoms with Crippen LogP contribution in [0.5, 0.6) is 11.5 Å². The third kappa shape index (κ3) is 5.23. The molecule has 0 unspecified atom stereocenters. The molecule has 0 aliphatic heterocycles. The molecule has 0 bridgehead atoms. The first kappa shape index (κ1) is 17.8. The van der Waals surface area contributed by atoms with Gasteiger partial charge in [-0.15, -0.1) is 0 Å². The van der Waals surface area contributed by atoms with Crippen LogP contribution in [0.4, 0.5) is 5.69 Å². The van der Waals surface area contributed by atoms with Crippen molar-refractivity contribution in [1.82, 2.24) is 0 Å². The second kappa shape index (κ2) is 8.88. The highest BCUT2D eigenvalue weighted by atomic mass is 35.5. The zero-order chi connectivity index (χ0) is 18.2. The predicted octanol–water partition coefficient (Wildman–Crippen LogP) is 6.43. The number of nitrogens with zero attached hydrogens (tertiary/aromatic N) is 1. The second-order valence-electron chi connectivity index (χ2n) is 5.54. The van der Waals surface area contributed by atoms with Crippen LogP contribution in [0.3, 0.4) is 0 Å². The Bertz CT molecular complexity index is 888. The molecule has 3 rings (SSSR count). The Kier molecular flexibility index (Phi) is 6.07. The van der Waals surface area contributed by atoms with Crippen molar-refractivity contribution in [3.05, 3.63) is 102 Å². The third-order valence-electron chi connectivity index (χ3n) is 3.47. The number of benzene rings is 3. The maximum Gasteiger partial charge on any atom is 0.225 e. The Balaban J connectivity index is 1.85. The van der Waals surface area contributed by atoms with E-state index in [2.05, 4.69) is 4.99 Å². The van der Waals surface area contributed by atoms with Crippen LogP contribution in [0, 0.1) is 0 Å². The van der Waals surface area contributed by atoms with Crippen molar-refractivity contribution in [3.8, 4) is 11.5 Å². The summed E-state index contributed by atoms with van der Waals surface area (Å²) in [5.74, 6) is 1.87. The number of rotatable bonds is 5.